The molecule has 0 fully saturated rings. The number of rotatable bonds is 3. The van der Waals surface area contributed by atoms with Crippen LogP contribution in [0.2, 0.25) is 0 Å². The lowest BCUT2D eigenvalue weighted by Gasteiger charge is -2.21. The first-order valence-electron chi connectivity index (χ1n) is 12.3. The zero-order valence-electron chi connectivity index (χ0n) is 21.4. The van der Waals surface area contributed by atoms with Crippen LogP contribution in [0.5, 0.6) is 0 Å². The van der Waals surface area contributed by atoms with Crippen LogP contribution >= 0.6 is 0 Å². The molecule has 1 unspecified atom stereocenters. The first-order chi connectivity index (χ1) is 17.3. The van der Waals surface area contributed by atoms with Crippen LogP contribution in [0, 0.1) is 12.7 Å². The van der Waals surface area contributed by atoms with Crippen molar-refractivity contribution in [3.63, 3.8) is 0 Å². The van der Waals surface area contributed by atoms with Crippen molar-refractivity contribution in [2.45, 2.75) is 66.7 Å². The van der Waals surface area contributed by atoms with Gasteiger partial charge >= 0.3 is 5.97 Å². The zero-order chi connectivity index (χ0) is 26.7. The van der Waals surface area contributed by atoms with E-state index in [4.69, 9.17) is 14.8 Å². The summed E-state index contributed by atoms with van der Waals surface area (Å²) in [5.74, 6) is -1.10. The topological polar surface area (TPSA) is 102 Å². The molecule has 0 radical (unpaired) electrons. The number of nitrogens with zero attached hydrogens (tertiary/aromatic N) is 2. The van der Waals surface area contributed by atoms with Crippen LogP contribution < -0.4 is 5.56 Å². The van der Waals surface area contributed by atoms with Gasteiger partial charge in [-0.25, -0.2) is 14.2 Å². The molecule has 0 bridgehead atoms. The minimum Gasteiger partial charge on any atom is -0.458 e. The normalized spacial score (nSPS) is 15.0. The molecule has 0 aliphatic carbocycles. The molecule has 36 heavy (non-hydrogen) atoms. The number of ether oxygens (including phenoxy) is 1. The molecule has 8 heteroatoms. The lowest BCUT2D eigenvalue weighted by atomic mass is 9.91. The van der Waals surface area contributed by atoms with E-state index in [0.29, 0.717) is 28.9 Å². The van der Waals surface area contributed by atoms with Crippen LogP contribution in [-0.4, -0.2) is 32.3 Å². The molecular weight excluding hydrogens is 463 g/mol. The Balaban J connectivity index is 0.000000674. The highest BCUT2D eigenvalue weighted by Crippen LogP contribution is 2.40. The van der Waals surface area contributed by atoms with Crippen molar-refractivity contribution in [2.24, 2.45) is 0 Å². The first-order valence-corrected chi connectivity index (χ1v) is 12.3. The maximum Gasteiger partial charge on any atom is 0.340 e. The molecule has 2 aliphatic heterocycles. The summed E-state index contributed by atoms with van der Waals surface area (Å²) in [7, 11) is 0. The molecule has 1 aromatic carbocycles. The summed E-state index contributed by atoms with van der Waals surface area (Å²) < 4.78 is 21.2. The number of aryl methyl sites for hydroxylation is 1. The summed E-state index contributed by atoms with van der Waals surface area (Å²) in [6.45, 7) is 13.8. The highest BCUT2D eigenvalue weighted by Gasteiger charge is 2.34. The SMILES string of the molecule is C=Cc1c2c(nc3cc(F)c(C)c(CCC)c13)-c1cc3c(c(=O)n1C2)COC(=O)C3O.CC.CCO. The predicted octanol–water partition coefficient (Wildman–Crippen LogP) is 4.58. The van der Waals surface area contributed by atoms with E-state index in [2.05, 4.69) is 6.58 Å². The van der Waals surface area contributed by atoms with E-state index in [1.807, 2.05) is 20.8 Å². The number of hydrogen-bond donors (Lipinski definition) is 2. The summed E-state index contributed by atoms with van der Waals surface area (Å²) in [4.78, 5) is 29.7. The highest BCUT2D eigenvalue weighted by molar-refractivity contribution is 5.96. The van der Waals surface area contributed by atoms with Crippen LogP contribution in [0.1, 0.15) is 73.6 Å². The van der Waals surface area contributed by atoms with Gasteiger partial charge in [-0.1, -0.05) is 39.8 Å². The minimum atomic E-state index is -1.51. The van der Waals surface area contributed by atoms with E-state index >= 15 is 0 Å². The predicted molar refractivity (Wildman–Crippen MR) is 138 cm³/mol. The third-order valence-electron chi connectivity index (χ3n) is 6.32. The van der Waals surface area contributed by atoms with Crippen molar-refractivity contribution in [2.75, 3.05) is 6.61 Å². The summed E-state index contributed by atoms with van der Waals surface area (Å²) >= 11 is 0. The minimum absolute atomic E-state index is 0.171. The molecule has 0 saturated carbocycles. The quantitative estimate of drug-likeness (QED) is 0.403. The Kier molecular flexibility index (Phi) is 8.43. The Hall–Kier alpha value is -3.36. The van der Waals surface area contributed by atoms with Gasteiger partial charge in [0.2, 0.25) is 0 Å². The summed E-state index contributed by atoms with van der Waals surface area (Å²) in [5.41, 5.74) is 4.88. The Morgan fingerprint density at radius 1 is 1.25 bits per heavy atom. The number of halogens is 1. The smallest absolute Gasteiger partial charge is 0.340 e. The average molecular weight is 497 g/mol. The van der Waals surface area contributed by atoms with Gasteiger partial charge in [-0.2, -0.15) is 0 Å². The number of carbonyl (C=O) groups excluding carboxylic acids is 1. The fourth-order valence-electron chi connectivity index (χ4n) is 4.76. The lowest BCUT2D eigenvalue weighted by molar-refractivity contribution is -0.157. The Morgan fingerprint density at radius 3 is 2.53 bits per heavy atom. The number of aromatic nitrogens is 2. The van der Waals surface area contributed by atoms with Crippen molar-refractivity contribution in [3.05, 3.63) is 68.3 Å². The van der Waals surface area contributed by atoms with Gasteiger partial charge in [0.25, 0.3) is 5.56 Å². The number of esters is 1. The maximum absolute atomic E-state index is 14.7. The van der Waals surface area contributed by atoms with Gasteiger partial charge in [-0.05, 0) is 43.0 Å². The molecule has 2 N–H and O–H groups in total. The zero-order valence-corrected chi connectivity index (χ0v) is 21.4. The second-order valence-electron chi connectivity index (χ2n) is 8.34. The summed E-state index contributed by atoms with van der Waals surface area (Å²) in [5, 5.41) is 18.7. The van der Waals surface area contributed by atoms with E-state index < -0.39 is 12.1 Å². The van der Waals surface area contributed by atoms with E-state index in [-0.39, 0.29) is 42.3 Å². The Bertz CT molecular complexity index is 1390. The number of aliphatic hydroxyl groups is 2. The lowest BCUT2D eigenvalue weighted by Crippen LogP contribution is -2.32. The number of carbonyl (C=O) groups is 1. The van der Waals surface area contributed by atoms with Gasteiger partial charge in [-0.15, -0.1) is 0 Å². The molecule has 5 rings (SSSR count). The third-order valence-corrected chi connectivity index (χ3v) is 6.32. The van der Waals surface area contributed by atoms with E-state index in [9.17, 15) is 19.1 Å². The first kappa shape index (κ1) is 27.2. The molecule has 7 nitrogen and oxygen atoms in total. The second kappa shape index (κ2) is 11.1. The number of cyclic esters (lactones) is 1. The fourth-order valence-corrected chi connectivity index (χ4v) is 4.76. The Morgan fingerprint density at radius 2 is 1.92 bits per heavy atom. The standard InChI is InChI=1S/C24H21FN2O4.C2H6O.C2H6/c1-4-6-13-11(3)17(25)8-18-20(13)12(5-2)15-9-27-19(21(15)26-18)7-14-16(23(27)29)10-31-24(30)22(14)28;1-2-3;1-2/h5,7-8,22,28H,2,4,6,9-10H2,1,3H3;3H,2H2,1H3;1-2H3. The second-order valence-corrected chi connectivity index (χ2v) is 8.34. The van der Waals surface area contributed by atoms with Crippen LogP contribution in [0.4, 0.5) is 4.39 Å². The van der Waals surface area contributed by atoms with E-state index in [0.717, 1.165) is 28.5 Å². The van der Waals surface area contributed by atoms with Crippen LogP contribution in [0.15, 0.2) is 23.5 Å². The van der Waals surface area contributed by atoms with Crippen molar-refractivity contribution in [3.8, 4) is 11.4 Å². The fraction of sp³-hybridized carbons (Fsp3) is 0.393. The van der Waals surface area contributed by atoms with Crippen molar-refractivity contribution in [1.29, 1.82) is 0 Å². The van der Waals surface area contributed by atoms with E-state index in [1.54, 1.807) is 30.6 Å². The molecule has 192 valence electrons. The molecular formula is C28H33FN2O5. The number of benzene rings is 1. The largest absolute Gasteiger partial charge is 0.458 e. The van der Waals surface area contributed by atoms with Crippen molar-refractivity contribution < 1.29 is 24.1 Å². The average Bonchev–Trinajstić information content (AvgIpc) is 3.23. The van der Waals surface area contributed by atoms with E-state index in [1.165, 1.54) is 6.07 Å². The maximum atomic E-state index is 14.7. The molecule has 3 aromatic rings. The van der Waals surface area contributed by atoms with Gasteiger partial charge in [0.05, 0.1) is 29.0 Å². The van der Waals surface area contributed by atoms with Crippen molar-refractivity contribution >= 4 is 22.9 Å². The van der Waals surface area contributed by atoms with Gasteiger partial charge in [-0.3, -0.25) is 4.79 Å². The van der Waals surface area contributed by atoms with Gasteiger partial charge in [0, 0.05) is 29.2 Å². The molecule has 0 spiro atoms. The van der Waals surface area contributed by atoms with Gasteiger partial charge in [0.1, 0.15) is 12.4 Å². The summed E-state index contributed by atoms with van der Waals surface area (Å²) in [6.07, 6.45) is 1.78. The van der Waals surface area contributed by atoms with Crippen molar-refractivity contribution in [1.82, 2.24) is 9.55 Å². The van der Waals surface area contributed by atoms with Crippen LogP contribution in [-0.2, 0) is 29.1 Å². The highest BCUT2D eigenvalue weighted by atomic mass is 19.1. The monoisotopic (exact) mass is 496 g/mol. The molecule has 2 aromatic heterocycles. The van der Waals surface area contributed by atoms with Gasteiger partial charge in [0.15, 0.2) is 6.10 Å². The van der Waals surface area contributed by atoms with Gasteiger partial charge < -0.3 is 19.5 Å². The van der Waals surface area contributed by atoms with Crippen LogP contribution in [0.3, 0.4) is 0 Å². The third kappa shape index (κ3) is 4.35. The molecule has 0 amide bonds. The molecule has 1 atom stereocenters. The number of hydrogen-bond acceptors (Lipinski definition) is 6. The Labute approximate surface area is 209 Å². The summed E-state index contributed by atoms with van der Waals surface area (Å²) in [6, 6.07) is 3.04. The number of pyridine rings is 2. The number of fused-ring (bicyclic) bond motifs is 5. The molecule has 0 saturated heterocycles. The number of aliphatic hydroxyl groups excluding tert-OH is 2. The van der Waals surface area contributed by atoms with Crippen LogP contribution in [0.25, 0.3) is 28.4 Å². The molecule has 2 aliphatic rings. The molecule has 4 heterocycles.